The van der Waals surface area contributed by atoms with E-state index in [1.165, 1.54) is 4.31 Å². The van der Waals surface area contributed by atoms with Crippen LogP contribution in [-0.2, 0) is 30.8 Å². The van der Waals surface area contributed by atoms with Gasteiger partial charge in [-0.3, -0.25) is 9.69 Å². The zero-order valence-electron chi connectivity index (χ0n) is 18.3. The van der Waals surface area contributed by atoms with Crippen LogP contribution in [0.2, 0.25) is 0 Å². The van der Waals surface area contributed by atoms with Crippen molar-refractivity contribution < 1.29 is 27.4 Å². The predicted molar refractivity (Wildman–Crippen MR) is 120 cm³/mol. The van der Waals surface area contributed by atoms with Crippen molar-refractivity contribution in [1.29, 1.82) is 0 Å². The minimum Gasteiger partial charge on any atom is -0.492 e. The Labute approximate surface area is 189 Å². The number of sulfonamides is 1. The average molecular weight is 463 g/mol. The van der Waals surface area contributed by atoms with E-state index in [1.807, 2.05) is 35.2 Å². The van der Waals surface area contributed by atoms with Crippen LogP contribution in [0.25, 0.3) is 0 Å². The van der Waals surface area contributed by atoms with Crippen LogP contribution in [0.4, 0.5) is 0 Å². The van der Waals surface area contributed by atoms with E-state index in [1.54, 1.807) is 31.2 Å². The molecule has 1 heterocycles. The third kappa shape index (κ3) is 7.03. The molecule has 1 fully saturated rings. The summed E-state index contributed by atoms with van der Waals surface area (Å²) >= 11 is 0. The molecule has 0 aliphatic carbocycles. The molecule has 1 aliphatic rings. The van der Waals surface area contributed by atoms with Crippen LogP contribution in [0.5, 0.6) is 5.75 Å². The summed E-state index contributed by atoms with van der Waals surface area (Å²) in [5.74, 6) is 0.294. The van der Waals surface area contributed by atoms with Crippen LogP contribution in [0.15, 0.2) is 59.5 Å². The van der Waals surface area contributed by atoms with Gasteiger partial charge in [-0.05, 0) is 36.8 Å². The van der Waals surface area contributed by atoms with Crippen molar-refractivity contribution in [3.05, 3.63) is 60.2 Å². The first kappa shape index (κ1) is 24.2. The monoisotopic (exact) mass is 462 g/mol. The van der Waals surface area contributed by atoms with Crippen LogP contribution in [-0.4, -0.2) is 76.2 Å². The van der Waals surface area contributed by atoms with Gasteiger partial charge in [0, 0.05) is 26.2 Å². The Morgan fingerprint density at radius 1 is 1.06 bits per heavy atom. The molecule has 1 saturated heterocycles. The summed E-state index contributed by atoms with van der Waals surface area (Å²) in [6.07, 6.45) is 0. The van der Waals surface area contributed by atoms with Gasteiger partial charge in [-0.15, -0.1) is 0 Å². The normalized spacial score (nSPS) is 14.9. The first-order valence-electron chi connectivity index (χ1n) is 10.7. The second-order valence-electron chi connectivity index (χ2n) is 7.34. The highest BCUT2D eigenvalue weighted by Gasteiger charge is 2.26. The third-order valence-corrected chi connectivity index (χ3v) is 6.93. The molecule has 0 N–H and O–H groups in total. The fraction of sp³-hybridized carbons (Fsp3) is 0.435. The maximum absolute atomic E-state index is 12.7. The Morgan fingerprint density at radius 3 is 2.41 bits per heavy atom. The molecule has 0 radical (unpaired) electrons. The van der Waals surface area contributed by atoms with E-state index in [0.29, 0.717) is 58.4 Å². The lowest BCUT2D eigenvalue weighted by molar-refractivity contribution is -0.144. The minimum absolute atomic E-state index is 0.169. The number of esters is 1. The van der Waals surface area contributed by atoms with Crippen molar-refractivity contribution in [2.75, 3.05) is 52.6 Å². The summed E-state index contributed by atoms with van der Waals surface area (Å²) in [4.78, 5) is 14.2. The third-order valence-electron chi connectivity index (χ3n) is 5.01. The summed E-state index contributed by atoms with van der Waals surface area (Å²) < 4.78 is 43.0. The van der Waals surface area contributed by atoms with Gasteiger partial charge in [0.15, 0.2) is 0 Å². The van der Waals surface area contributed by atoms with Crippen molar-refractivity contribution in [2.24, 2.45) is 0 Å². The number of nitrogens with zero attached hydrogens (tertiary/aromatic N) is 2. The molecule has 32 heavy (non-hydrogen) atoms. The van der Waals surface area contributed by atoms with Gasteiger partial charge in [-0.2, -0.15) is 4.31 Å². The van der Waals surface area contributed by atoms with Crippen molar-refractivity contribution in [3.63, 3.8) is 0 Å². The summed E-state index contributed by atoms with van der Waals surface area (Å²) in [7, 11) is -3.53. The highest BCUT2D eigenvalue weighted by Crippen LogP contribution is 2.20. The topological polar surface area (TPSA) is 85.4 Å². The van der Waals surface area contributed by atoms with Crippen LogP contribution < -0.4 is 4.74 Å². The van der Waals surface area contributed by atoms with E-state index >= 15 is 0 Å². The Bertz CT molecular complexity index is 944. The summed E-state index contributed by atoms with van der Waals surface area (Å²) in [5.41, 5.74) is 1.09. The van der Waals surface area contributed by atoms with Crippen LogP contribution in [0, 0.1) is 0 Å². The van der Waals surface area contributed by atoms with Gasteiger partial charge in [0.2, 0.25) is 10.0 Å². The second kappa shape index (κ2) is 12.0. The van der Waals surface area contributed by atoms with Crippen LogP contribution in [0.3, 0.4) is 0 Å². The molecule has 0 amide bonds. The molecule has 1 aliphatic heterocycles. The second-order valence-corrected chi connectivity index (χ2v) is 9.28. The zero-order valence-corrected chi connectivity index (χ0v) is 19.1. The first-order valence-corrected chi connectivity index (χ1v) is 12.2. The molecule has 2 aromatic rings. The highest BCUT2D eigenvalue weighted by molar-refractivity contribution is 7.89. The lowest BCUT2D eigenvalue weighted by Gasteiger charge is -2.26. The van der Waals surface area contributed by atoms with E-state index in [9.17, 15) is 13.2 Å². The van der Waals surface area contributed by atoms with Crippen molar-refractivity contribution in [2.45, 2.75) is 18.4 Å². The molecule has 0 atom stereocenters. The maximum Gasteiger partial charge on any atom is 0.320 e. The lowest BCUT2D eigenvalue weighted by Crippen LogP contribution is -2.40. The zero-order chi connectivity index (χ0) is 22.8. The molecule has 174 valence electrons. The van der Waals surface area contributed by atoms with Gasteiger partial charge in [-0.25, -0.2) is 8.42 Å². The van der Waals surface area contributed by atoms with Crippen molar-refractivity contribution in [3.8, 4) is 5.75 Å². The molecular formula is C23H30N2O6S. The number of benzene rings is 2. The van der Waals surface area contributed by atoms with E-state index in [4.69, 9.17) is 14.2 Å². The fourth-order valence-corrected chi connectivity index (χ4v) is 4.79. The van der Waals surface area contributed by atoms with Crippen LogP contribution in [0.1, 0.15) is 12.5 Å². The van der Waals surface area contributed by atoms with E-state index in [-0.39, 0.29) is 17.4 Å². The van der Waals surface area contributed by atoms with Gasteiger partial charge < -0.3 is 14.2 Å². The van der Waals surface area contributed by atoms with Crippen LogP contribution >= 0.6 is 0 Å². The van der Waals surface area contributed by atoms with Crippen molar-refractivity contribution >= 4 is 16.0 Å². The molecule has 2 aromatic carbocycles. The molecule has 0 aromatic heterocycles. The Hall–Kier alpha value is -2.46. The Kier molecular flexibility index (Phi) is 9.04. The summed E-state index contributed by atoms with van der Waals surface area (Å²) in [6, 6.07) is 16.3. The lowest BCUT2D eigenvalue weighted by atomic mass is 10.2. The highest BCUT2D eigenvalue weighted by atomic mass is 32.2. The number of hydrogen-bond donors (Lipinski definition) is 0. The minimum atomic E-state index is -3.53. The van der Waals surface area contributed by atoms with Gasteiger partial charge in [0.05, 0.1) is 31.3 Å². The number of ether oxygens (including phenoxy) is 3. The number of rotatable bonds is 11. The Morgan fingerprint density at radius 2 is 1.75 bits per heavy atom. The quantitative estimate of drug-likeness (QED) is 0.473. The van der Waals surface area contributed by atoms with E-state index in [0.717, 1.165) is 5.56 Å². The molecule has 3 rings (SSSR count). The van der Waals surface area contributed by atoms with E-state index < -0.39 is 10.0 Å². The summed E-state index contributed by atoms with van der Waals surface area (Å²) in [5, 5.41) is 0. The fourth-order valence-electron chi connectivity index (χ4n) is 3.38. The van der Waals surface area contributed by atoms with Gasteiger partial charge in [-0.1, -0.05) is 30.3 Å². The van der Waals surface area contributed by atoms with Crippen molar-refractivity contribution in [1.82, 2.24) is 9.21 Å². The van der Waals surface area contributed by atoms with E-state index in [2.05, 4.69) is 0 Å². The average Bonchev–Trinajstić information content (AvgIpc) is 2.81. The Balaban J connectivity index is 1.55. The first-order chi connectivity index (χ1) is 15.5. The number of carbonyl (C=O) groups is 1. The smallest absolute Gasteiger partial charge is 0.320 e. The van der Waals surface area contributed by atoms with Gasteiger partial charge in [0.1, 0.15) is 12.4 Å². The SMILES string of the molecule is CCOC(=O)CN(CCOc1ccc(S(=O)(=O)N2CCOCC2)cc1)Cc1ccccc1. The molecular weight excluding hydrogens is 432 g/mol. The number of hydrogen-bond acceptors (Lipinski definition) is 7. The van der Waals surface area contributed by atoms with Gasteiger partial charge in [0.25, 0.3) is 0 Å². The predicted octanol–water partition coefficient (Wildman–Crippen LogP) is 2.15. The standard InChI is InChI=1S/C23H30N2O6S/c1-2-30-23(26)19-24(18-20-6-4-3-5-7-20)12-17-31-21-8-10-22(11-9-21)32(27,28)25-13-15-29-16-14-25/h3-11H,2,12-19H2,1H3. The summed E-state index contributed by atoms with van der Waals surface area (Å²) in [6.45, 7) is 5.29. The maximum atomic E-state index is 12.7. The molecule has 9 heteroatoms. The molecule has 0 saturated carbocycles. The molecule has 0 spiro atoms. The molecule has 0 unspecified atom stereocenters. The molecule has 8 nitrogen and oxygen atoms in total. The largest absolute Gasteiger partial charge is 0.492 e. The number of morpholine rings is 1. The molecule has 0 bridgehead atoms. The van der Waals surface area contributed by atoms with Gasteiger partial charge >= 0.3 is 5.97 Å². The number of carbonyl (C=O) groups excluding carboxylic acids is 1.